The molecule has 4 rings (SSSR count). The number of halogens is 1. The zero-order valence-corrected chi connectivity index (χ0v) is 15.5. The second kappa shape index (κ2) is 7.56. The summed E-state index contributed by atoms with van der Waals surface area (Å²) >= 11 is 7.82. The van der Waals surface area contributed by atoms with E-state index in [4.69, 9.17) is 16.6 Å². The van der Waals surface area contributed by atoms with E-state index >= 15 is 0 Å². The van der Waals surface area contributed by atoms with Crippen molar-refractivity contribution in [3.05, 3.63) is 70.0 Å². The van der Waals surface area contributed by atoms with Crippen LogP contribution in [-0.2, 0) is 6.54 Å². The molecule has 3 aromatic rings. The number of rotatable bonds is 4. The van der Waals surface area contributed by atoms with Crippen molar-refractivity contribution in [2.75, 3.05) is 31.1 Å². The molecule has 1 aliphatic rings. The van der Waals surface area contributed by atoms with Gasteiger partial charge in [0, 0.05) is 47.8 Å². The van der Waals surface area contributed by atoms with Crippen molar-refractivity contribution in [1.82, 2.24) is 9.88 Å². The van der Waals surface area contributed by atoms with E-state index in [1.165, 1.54) is 10.7 Å². The van der Waals surface area contributed by atoms with Gasteiger partial charge in [0.15, 0.2) is 0 Å². The predicted molar refractivity (Wildman–Crippen MR) is 106 cm³/mol. The van der Waals surface area contributed by atoms with Crippen molar-refractivity contribution in [3.8, 4) is 11.3 Å². The Balaban J connectivity index is 1.36. The monoisotopic (exact) mass is 369 g/mol. The molecule has 1 aromatic heterocycles. The summed E-state index contributed by atoms with van der Waals surface area (Å²) in [4.78, 5) is 9.74. The summed E-state index contributed by atoms with van der Waals surface area (Å²) in [6.07, 6.45) is 0. The second-order valence-corrected chi connectivity index (χ2v) is 7.61. The van der Waals surface area contributed by atoms with Gasteiger partial charge in [0.25, 0.3) is 0 Å². The van der Waals surface area contributed by atoms with Crippen LogP contribution in [0.3, 0.4) is 0 Å². The summed E-state index contributed by atoms with van der Waals surface area (Å²) in [6, 6.07) is 18.6. The molecule has 0 radical (unpaired) electrons. The molecule has 2 aromatic carbocycles. The van der Waals surface area contributed by atoms with E-state index < -0.39 is 0 Å². The van der Waals surface area contributed by atoms with Crippen molar-refractivity contribution in [2.45, 2.75) is 6.54 Å². The van der Waals surface area contributed by atoms with Crippen LogP contribution in [0.2, 0.25) is 5.02 Å². The Morgan fingerprint density at radius 3 is 2.52 bits per heavy atom. The fourth-order valence-corrected chi connectivity index (χ4v) is 4.19. The molecule has 0 unspecified atom stereocenters. The third kappa shape index (κ3) is 4.03. The zero-order chi connectivity index (χ0) is 17.1. The molecule has 0 N–H and O–H groups in total. The molecule has 0 atom stereocenters. The molecular weight excluding hydrogens is 350 g/mol. The van der Waals surface area contributed by atoms with Gasteiger partial charge in [-0.15, -0.1) is 11.3 Å². The first-order valence-corrected chi connectivity index (χ1v) is 9.76. The summed E-state index contributed by atoms with van der Waals surface area (Å²) in [7, 11) is 0. The van der Waals surface area contributed by atoms with Crippen LogP contribution in [0.5, 0.6) is 0 Å². The first-order chi connectivity index (χ1) is 12.3. The molecule has 25 heavy (non-hydrogen) atoms. The van der Waals surface area contributed by atoms with Gasteiger partial charge in [-0.1, -0.05) is 41.9 Å². The van der Waals surface area contributed by atoms with Crippen LogP contribution >= 0.6 is 22.9 Å². The van der Waals surface area contributed by atoms with Crippen molar-refractivity contribution >= 4 is 28.6 Å². The molecule has 0 aliphatic carbocycles. The summed E-state index contributed by atoms with van der Waals surface area (Å²) in [6.45, 7) is 5.20. The van der Waals surface area contributed by atoms with Crippen LogP contribution in [0.4, 0.5) is 5.69 Å². The number of thiazole rings is 1. The van der Waals surface area contributed by atoms with E-state index in [-0.39, 0.29) is 0 Å². The first-order valence-electron chi connectivity index (χ1n) is 8.51. The maximum atomic E-state index is 6.08. The highest BCUT2D eigenvalue weighted by Gasteiger charge is 2.18. The number of hydrogen-bond donors (Lipinski definition) is 0. The van der Waals surface area contributed by atoms with Crippen LogP contribution in [-0.4, -0.2) is 36.1 Å². The molecule has 1 fully saturated rings. The molecule has 1 saturated heterocycles. The highest BCUT2D eigenvalue weighted by molar-refractivity contribution is 7.09. The summed E-state index contributed by atoms with van der Waals surface area (Å²) in [5.41, 5.74) is 3.42. The van der Waals surface area contributed by atoms with E-state index in [9.17, 15) is 0 Å². The largest absolute Gasteiger partial charge is 0.369 e. The standard InChI is InChI=1S/C20H20ClN3S/c21-17-6-4-5-16(13-17)19-15-25-20(22-19)14-23-9-11-24(12-10-23)18-7-2-1-3-8-18/h1-8,13,15H,9-12,14H2. The maximum absolute atomic E-state index is 6.08. The minimum Gasteiger partial charge on any atom is -0.369 e. The molecule has 2 heterocycles. The molecule has 0 amide bonds. The molecule has 128 valence electrons. The lowest BCUT2D eigenvalue weighted by Crippen LogP contribution is -2.45. The van der Waals surface area contributed by atoms with Crippen LogP contribution in [0.15, 0.2) is 60.0 Å². The fraction of sp³-hybridized carbons (Fsp3) is 0.250. The molecule has 3 nitrogen and oxygen atoms in total. The Morgan fingerprint density at radius 1 is 0.960 bits per heavy atom. The summed E-state index contributed by atoms with van der Waals surface area (Å²) in [5, 5.41) is 4.05. The third-order valence-corrected chi connectivity index (χ3v) is 5.59. The Morgan fingerprint density at radius 2 is 1.76 bits per heavy atom. The van der Waals surface area contributed by atoms with Crippen LogP contribution < -0.4 is 4.90 Å². The molecule has 5 heteroatoms. The highest BCUT2D eigenvalue weighted by atomic mass is 35.5. The lowest BCUT2D eigenvalue weighted by atomic mass is 10.2. The fourth-order valence-electron chi connectivity index (χ4n) is 3.16. The van der Waals surface area contributed by atoms with Gasteiger partial charge in [0.1, 0.15) is 5.01 Å². The van der Waals surface area contributed by atoms with E-state index in [1.807, 2.05) is 18.2 Å². The second-order valence-electron chi connectivity index (χ2n) is 6.24. The maximum Gasteiger partial charge on any atom is 0.107 e. The zero-order valence-electron chi connectivity index (χ0n) is 13.9. The van der Waals surface area contributed by atoms with Crippen molar-refractivity contribution < 1.29 is 0 Å². The molecular formula is C20H20ClN3S. The Hall–Kier alpha value is -1.88. The number of aromatic nitrogens is 1. The van der Waals surface area contributed by atoms with Crippen molar-refractivity contribution in [3.63, 3.8) is 0 Å². The number of piperazine rings is 1. The summed E-state index contributed by atoms with van der Waals surface area (Å²) in [5.74, 6) is 0. The topological polar surface area (TPSA) is 19.4 Å². The van der Waals surface area contributed by atoms with Gasteiger partial charge < -0.3 is 4.90 Å². The molecule has 1 aliphatic heterocycles. The third-order valence-electron chi connectivity index (χ3n) is 4.52. The smallest absolute Gasteiger partial charge is 0.107 e. The van der Waals surface area contributed by atoms with Crippen LogP contribution in [0.1, 0.15) is 5.01 Å². The van der Waals surface area contributed by atoms with Gasteiger partial charge >= 0.3 is 0 Å². The van der Waals surface area contributed by atoms with E-state index in [2.05, 4.69) is 51.6 Å². The van der Waals surface area contributed by atoms with Gasteiger partial charge in [0.05, 0.1) is 12.2 Å². The number of hydrogen-bond acceptors (Lipinski definition) is 4. The quantitative estimate of drug-likeness (QED) is 0.659. The van der Waals surface area contributed by atoms with Crippen molar-refractivity contribution in [2.24, 2.45) is 0 Å². The average Bonchev–Trinajstić information content (AvgIpc) is 3.12. The van der Waals surface area contributed by atoms with E-state index in [0.29, 0.717) is 0 Å². The molecule has 0 saturated carbocycles. The predicted octanol–water partition coefficient (Wildman–Crippen LogP) is 4.79. The van der Waals surface area contributed by atoms with Crippen LogP contribution in [0, 0.1) is 0 Å². The van der Waals surface area contributed by atoms with Crippen LogP contribution in [0.25, 0.3) is 11.3 Å². The lowest BCUT2D eigenvalue weighted by molar-refractivity contribution is 0.249. The average molecular weight is 370 g/mol. The lowest BCUT2D eigenvalue weighted by Gasteiger charge is -2.35. The number of para-hydroxylation sites is 1. The minimum atomic E-state index is 0.754. The minimum absolute atomic E-state index is 0.754. The number of benzene rings is 2. The Bertz CT molecular complexity index is 826. The SMILES string of the molecule is Clc1cccc(-c2csc(CN3CCN(c4ccccc4)CC3)n2)c1. The number of nitrogens with zero attached hydrogens (tertiary/aromatic N) is 3. The van der Waals surface area contributed by atoms with E-state index in [0.717, 1.165) is 49.0 Å². The van der Waals surface area contributed by atoms with Gasteiger partial charge in [-0.3, -0.25) is 4.90 Å². The highest BCUT2D eigenvalue weighted by Crippen LogP contribution is 2.25. The van der Waals surface area contributed by atoms with Gasteiger partial charge in [0.2, 0.25) is 0 Å². The Kier molecular flexibility index (Phi) is 5.02. The molecule has 0 bridgehead atoms. The summed E-state index contributed by atoms with van der Waals surface area (Å²) < 4.78 is 0. The molecule has 0 spiro atoms. The normalized spacial score (nSPS) is 15.5. The van der Waals surface area contributed by atoms with Gasteiger partial charge in [-0.05, 0) is 24.3 Å². The van der Waals surface area contributed by atoms with E-state index in [1.54, 1.807) is 11.3 Å². The van der Waals surface area contributed by atoms with Gasteiger partial charge in [-0.25, -0.2) is 4.98 Å². The number of anilines is 1. The first kappa shape index (κ1) is 16.6. The van der Waals surface area contributed by atoms with Crippen molar-refractivity contribution in [1.29, 1.82) is 0 Å². The Labute approximate surface area is 157 Å². The van der Waals surface area contributed by atoms with Gasteiger partial charge in [-0.2, -0.15) is 0 Å².